The lowest BCUT2D eigenvalue weighted by Crippen LogP contribution is -2.02. The lowest BCUT2D eigenvalue weighted by atomic mass is 10.2. The van der Waals surface area contributed by atoms with Crippen molar-refractivity contribution in [3.05, 3.63) is 48.0 Å². The quantitative estimate of drug-likeness (QED) is 0.885. The highest BCUT2D eigenvalue weighted by Gasteiger charge is 2.01. The number of hydrogen-bond acceptors (Lipinski definition) is 4. The molecule has 4 heteroatoms. The topological polar surface area (TPSA) is 57.9 Å². The number of pyridine rings is 1. The molecule has 0 bridgehead atoms. The minimum atomic E-state index is 0.510. The fourth-order valence-electron chi connectivity index (χ4n) is 1.57. The summed E-state index contributed by atoms with van der Waals surface area (Å²) in [6, 6.07) is 14.7. The van der Waals surface area contributed by atoms with Gasteiger partial charge in [-0.3, -0.25) is 0 Å². The Morgan fingerprint density at radius 2 is 2.11 bits per heavy atom. The molecule has 1 heterocycles. The SMILES string of the molecule is CCCNc1cccc(Oc2cccc(C#N)c2)n1. The molecule has 0 fully saturated rings. The fraction of sp³-hybridized carbons (Fsp3) is 0.200. The molecule has 19 heavy (non-hydrogen) atoms. The maximum Gasteiger partial charge on any atom is 0.221 e. The molecule has 1 aromatic heterocycles. The van der Waals surface area contributed by atoms with E-state index in [1.54, 1.807) is 30.3 Å². The molecule has 0 saturated carbocycles. The normalized spacial score (nSPS) is 9.68. The second-order valence-electron chi connectivity index (χ2n) is 4.03. The molecular weight excluding hydrogens is 238 g/mol. The third-order valence-corrected chi connectivity index (χ3v) is 2.47. The van der Waals surface area contributed by atoms with Crippen LogP contribution in [-0.2, 0) is 0 Å². The summed E-state index contributed by atoms with van der Waals surface area (Å²) in [6.07, 6.45) is 1.04. The van der Waals surface area contributed by atoms with Crippen molar-refractivity contribution in [2.75, 3.05) is 11.9 Å². The lowest BCUT2D eigenvalue weighted by Gasteiger charge is -2.07. The van der Waals surface area contributed by atoms with Crippen LogP contribution in [0.4, 0.5) is 5.82 Å². The van der Waals surface area contributed by atoms with E-state index < -0.39 is 0 Å². The second kappa shape index (κ2) is 6.41. The maximum atomic E-state index is 8.84. The van der Waals surface area contributed by atoms with Crippen LogP contribution in [0.25, 0.3) is 0 Å². The first-order chi connectivity index (χ1) is 9.31. The van der Waals surface area contributed by atoms with Gasteiger partial charge in [0.05, 0.1) is 11.6 Å². The summed E-state index contributed by atoms with van der Waals surface area (Å²) in [5.74, 6) is 1.91. The average molecular weight is 253 g/mol. The highest BCUT2D eigenvalue weighted by atomic mass is 16.5. The Morgan fingerprint density at radius 3 is 2.89 bits per heavy atom. The summed E-state index contributed by atoms with van der Waals surface area (Å²) < 4.78 is 5.64. The zero-order valence-corrected chi connectivity index (χ0v) is 10.8. The summed E-state index contributed by atoms with van der Waals surface area (Å²) in [4.78, 5) is 4.34. The molecule has 1 aromatic carbocycles. The van der Waals surface area contributed by atoms with Crippen LogP contribution >= 0.6 is 0 Å². The van der Waals surface area contributed by atoms with Crippen molar-refractivity contribution in [1.29, 1.82) is 5.26 Å². The minimum absolute atomic E-state index is 0.510. The van der Waals surface area contributed by atoms with Crippen LogP contribution in [0.2, 0.25) is 0 Å². The summed E-state index contributed by atoms with van der Waals surface area (Å²) in [5.41, 5.74) is 0.567. The molecule has 0 aliphatic rings. The number of nitriles is 1. The number of hydrogen-bond donors (Lipinski definition) is 1. The first-order valence-corrected chi connectivity index (χ1v) is 6.21. The molecule has 0 amide bonds. The van der Waals surface area contributed by atoms with E-state index in [2.05, 4.69) is 23.3 Å². The number of ether oxygens (including phenoxy) is 1. The third kappa shape index (κ3) is 3.71. The second-order valence-corrected chi connectivity index (χ2v) is 4.03. The molecule has 0 aliphatic carbocycles. The number of anilines is 1. The van der Waals surface area contributed by atoms with E-state index in [9.17, 15) is 0 Å². The highest BCUT2D eigenvalue weighted by molar-refractivity contribution is 5.40. The standard InChI is InChI=1S/C15H15N3O/c1-2-9-17-14-7-4-8-15(18-14)19-13-6-3-5-12(10-13)11-16/h3-8,10H,2,9H2,1H3,(H,17,18). The molecule has 0 atom stereocenters. The van der Waals surface area contributed by atoms with E-state index in [0.717, 1.165) is 18.8 Å². The molecule has 0 unspecified atom stereocenters. The molecule has 0 radical (unpaired) electrons. The Bertz CT molecular complexity index is 590. The Labute approximate surface area is 112 Å². The Morgan fingerprint density at radius 1 is 1.26 bits per heavy atom. The Hall–Kier alpha value is -2.54. The summed E-state index contributed by atoms with van der Waals surface area (Å²) >= 11 is 0. The fourth-order valence-corrected chi connectivity index (χ4v) is 1.57. The van der Waals surface area contributed by atoms with Gasteiger partial charge < -0.3 is 10.1 Å². The van der Waals surface area contributed by atoms with E-state index in [0.29, 0.717) is 17.2 Å². The van der Waals surface area contributed by atoms with Gasteiger partial charge in [0.25, 0.3) is 0 Å². The van der Waals surface area contributed by atoms with Gasteiger partial charge in [-0.2, -0.15) is 10.2 Å². The van der Waals surface area contributed by atoms with E-state index in [-0.39, 0.29) is 0 Å². The summed E-state index contributed by atoms with van der Waals surface area (Å²) in [5, 5.41) is 12.0. The summed E-state index contributed by atoms with van der Waals surface area (Å²) in [7, 11) is 0. The van der Waals surface area contributed by atoms with Gasteiger partial charge in [-0.25, -0.2) is 0 Å². The van der Waals surface area contributed by atoms with Crippen LogP contribution in [0.1, 0.15) is 18.9 Å². The third-order valence-electron chi connectivity index (χ3n) is 2.47. The van der Waals surface area contributed by atoms with Crippen LogP contribution in [0.15, 0.2) is 42.5 Å². The predicted molar refractivity (Wildman–Crippen MR) is 74.2 cm³/mol. The number of rotatable bonds is 5. The number of nitrogens with one attached hydrogen (secondary N) is 1. The molecular formula is C15H15N3O. The Kier molecular flexibility index (Phi) is 4.35. The molecule has 2 rings (SSSR count). The van der Waals surface area contributed by atoms with Crippen LogP contribution < -0.4 is 10.1 Å². The van der Waals surface area contributed by atoms with Crippen molar-refractivity contribution in [3.8, 4) is 17.7 Å². The summed E-state index contributed by atoms with van der Waals surface area (Å²) in [6.45, 7) is 2.97. The van der Waals surface area contributed by atoms with E-state index in [1.165, 1.54) is 0 Å². The minimum Gasteiger partial charge on any atom is -0.439 e. The van der Waals surface area contributed by atoms with Crippen molar-refractivity contribution in [1.82, 2.24) is 4.98 Å². The van der Waals surface area contributed by atoms with Crippen molar-refractivity contribution in [2.24, 2.45) is 0 Å². The highest BCUT2D eigenvalue weighted by Crippen LogP contribution is 2.21. The molecule has 0 spiro atoms. The number of aromatic nitrogens is 1. The van der Waals surface area contributed by atoms with Crippen molar-refractivity contribution >= 4 is 5.82 Å². The van der Waals surface area contributed by atoms with Gasteiger partial charge in [0.15, 0.2) is 0 Å². The number of nitrogens with zero attached hydrogens (tertiary/aromatic N) is 2. The lowest BCUT2D eigenvalue weighted by molar-refractivity contribution is 0.463. The van der Waals surface area contributed by atoms with Gasteiger partial charge in [0, 0.05) is 12.6 Å². The molecule has 96 valence electrons. The molecule has 4 nitrogen and oxygen atoms in total. The van der Waals surface area contributed by atoms with Gasteiger partial charge in [-0.15, -0.1) is 0 Å². The molecule has 0 aliphatic heterocycles. The predicted octanol–water partition coefficient (Wildman–Crippen LogP) is 3.57. The van der Waals surface area contributed by atoms with Crippen molar-refractivity contribution in [2.45, 2.75) is 13.3 Å². The van der Waals surface area contributed by atoms with Crippen molar-refractivity contribution < 1.29 is 4.74 Å². The van der Waals surface area contributed by atoms with Gasteiger partial charge >= 0.3 is 0 Å². The largest absolute Gasteiger partial charge is 0.439 e. The number of benzene rings is 1. The van der Waals surface area contributed by atoms with Crippen LogP contribution in [0.3, 0.4) is 0 Å². The van der Waals surface area contributed by atoms with E-state index in [1.807, 2.05) is 12.1 Å². The van der Waals surface area contributed by atoms with E-state index >= 15 is 0 Å². The van der Waals surface area contributed by atoms with Crippen molar-refractivity contribution in [3.63, 3.8) is 0 Å². The van der Waals surface area contributed by atoms with Crippen LogP contribution in [0, 0.1) is 11.3 Å². The monoisotopic (exact) mass is 253 g/mol. The molecule has 1 N–H and O–H groups in total. The van der Waals surface area contributed by atoms with E-state index in [4.69, 9.17) is 10.00 Å². The molecule has 2 aromatic rings. The van der Waals surface area contributed by atoms with Gasteiger partial charge in [-0.1, -0.05) is 19.1 Å². The first kappa shape index (κ1) is 12.9. The average Bonchev–Trinajstić information content (AvgIpc) is 2.46. The van der Waals surface area contributed by atoms with Crippen LogP contribution in [0.5, 0.6) is 11.6 Å². The smallest absolute Gasteiger partial charge is 0.221 e. The van der Waals surface area contributed by atoms with Gasteiger partial charge in [-0.05, 0) is 30.7 Å². The van der Waals surface area contributed by atoms with Gasteiger partial charge in [0.1, 0.15) is 11.6 Å². The Balaban J connectivity index is 2.12. The molecule has 0 saturated heterocycles. The zero-order chi connectivity index (χ0) is 13.5. The van der Waals surface area contributed by atoms with Crippen LogP contribution in [-0.4, -0.2) is 11.5 Å². The maximum absolute atomic E-state index is 8.84. The first-order valence-electron chi connectivity index (χ1n) is 6.21. The zero-order valence-electron chi connectivity index (χ0n) is 10.8. The van der Waals surface area contributed by atoms with Gasteiger partial charge in [0.2, 0.25) is 5.88 Å².